The molecule has 4 heteroatoms. The molecule has 0 spiro atoms. The molecular weight excluding hydrogens is 252 g/mol. The lowest BCUT2D eigenvalue weighted by molar-refractivity contribution is -0.111. The van der Waals surface area contributed by atoms with Crippen molar-refractivity contribution in [3.8, 4) is 11.3 Å². The minimum absolute atomic E-state index is 0.0663. The Morgan fingerprint density at radius 2 is 1.95 bits per heavy atom. The normalized spacial score (nSPS) is 11.2. The first kappa shape index (κ1) is 14.1. The van der Waals surface area contributed by atoms with Crippen LogP contribution in [0.4, 0.5) is 5.69 Å². The SMILES string of the molecule is C=CC(=O)Nc1ccc(-c2cc(C(C)(C)C)on2)cc1. The number of carbonyl (C=O) groups excluding carboxylic acids is 1. The zero-order valence-electron chi connectivity index (χ0n) is 11.9. The molecule has 1 aromatic heterocycles. The molecule has 1 aromatic carbocycles. The largest absolute Gasteiger partial charge is 0.360 e. The van der Waals surface area contributed by atoms with E-state index < -0.39 is 0 Å². The number of carbonyl (C=O) groups is 1. The fraction of sp³-hybridized carbons (Fsp3) is 0.250. The van der Waals surface area contributed by atoms with Crippen molar-refractivity contribution in [1.82, 2.24) is 5.16 Å². The van der Waals surface area contributed by atoms with Gasteiger partial charge in [0.15, 0.2) is 0 Å². The minimum Gasteiger partial charge on any atom is -0.360 e. The molecule has 0 aliphatic carbocycles. The van der Waals surface area contributed by atoms with Crippen LogP contribution in [-0.4, -0.2) is 11.1 Å². The summed E-state index contributed by atoms with van der Waals surface area (Å²) < 4.78 is 5.36. The van der Waals surface area contributed by atoms with Gasteiger partial charge in [-0.05, 0) is 18.2 Å². The Morgan fingerprint density at radius 3 is 2.45 bits per heavy atom. The number of hydrogen-bond donors (Lipinski definition) is 1. The van der Waals surface area contributed by atoms with Gasteiger partial charge in [0, 0.05) is 22.7 Å². The standard InChI is InChI=1S/C16H18N2O2/c1-5-15(19)17-12-8-6-11(7-9-12)13-10-14(20-18-13)16(2,3)4/h5-10H,1H2,2-4H3,(H,17,19). The van der Waals surface area contributed by atoms with Crippen molar-refractivity contribution < 1.29 is 9.32 Å². The molecule has 2 aromatic rings. The maximum absolute atomic E-state index is 11.2. The van der Waals surface area contributed by atoms with Crippen LogP contribution in [0.1, 0.15) is 26.5 Å². The van der Waals surface area contributed by atoms with E-state index in [4.69, 9.17) is 4.52 Å². The highest BCUT2D eigenvalue weighted by atomic mass is 16.5. The van der Waals surface area contributed by atoms with Crippen LogP contribution >= 0.6 is 0 Å². The van der Waals surface area contributed by atoms with E-state index in [0.717, 1.165) is 22.7 Å². The molecule has 0 fully saturated rings. The monoisotopic (exact) mass is 270 g/mol. The smallest absolute Gasteiger partial charge is 0.247 e. The van der Waals surface area contributed by atoms with Crippen LogP contribution in [0.15, 0.2) is 47.5 Å². The number of nitrogens with zero attached hydrogens (tertiary/aromatic N) is 1. The highest BCUT2D eigenvalue weighted by Crippen LogP contribution is 2.27. The molecule has 1 N–H and O–H groups in total. The summed E-state index contributed by atoms with van der Waals surface area (Å²) >= 11 is 0. The van der Waals surface area contributed by atoms with Gasteiger partial charge >= 0.3 is 0 Å². The van der Waals surface area contributed by atoms with Crippen LogP contribution in [-0.2, 0) is 10.2 Å². The molecular formula is C16H18N2O2. The van der Waals surface area contributed by atoms with Gasteiger partial charge in [-0.1, -0.05) is 44.6 Å². The summed E-state index contributed by atoms with van der Waals surface area (Å²) in [7, 11) is 0. The van der Waals surface area contributed by atoms with Gasteiger partial charge < -0.3 is 9.84 Å². The second-order valence-corrected chi connectivity index (χ2v) is 5.60. The summed E-state index contributed by atoms with van der Waals surface area (Å²) in [5.74, 6) is 0.616. The van der Waals surface area contributed by atoms with Crippen molar-refractivity contribution >= 4 is 11.6 Å². The van der Waals surface area contributed by atoms with Gasteiger partial charge in [0.1, 0.15) is 11.5 Å². The average Bonchev–Trinajstić information content (AvgIpc) is 2.89. The molecule has 0 saturated carbocycles. The topological polar surface area (TPSA) is 55.1 Å². The first-order chi connectivity index (χ1) is 9.40. The van der Waals surface area contributed by atoms with Gasteiger partial charge in [0.2, 0.25) is 5.91 Å². The van der Waals surface area contributed by atoms with Crippen LogP contribution in [0.25, 0.3) is 11.3 Å². The van der Waals surface area contributed by atoms with Gasteiger partial charge in [0.25, 0.3) is 0 Å². The van der Waals surface area contributed by atoms with Crippen molar-refractivity contribution in [1.29, 1.82) is 0 Å². The molecule has 20 heavy (non-hydrogen) atoms. The molecule has 0 unspecified atom stereocenters. The maximum Gasteiger partial charge on any atom is 0.247 e. The van der Waals surface area contributed by atoms with Crippen molar-refractivity contribution in [3.63, 3.8) is 0 Å². The van der Waals surface area contributed by atoms with Crippen molar-refractivity contribution in [2.45, 2.75) is 26.2 Å². The van der Waals surface area contributed by atoms with E-state index in [9.17, 15) is 4.79 Å². The predicted octanol–water partition coefficient (Wildman–Crippen LogP) is 3.76. The highest BCUT2D eigenvalue weighted by molar-refractivity contribution is 5.98. The summed E-state index contributed by atoms with van der Waals surface area (Å²) in [6.45, 7) is 9.64. The molecule has 0 aliphatic heterocycles. The molecule has 0 radical (unpaired) electrons. The molecule has 0 saturated heterocycles. The average molecular weight is 270 g/mol. The quantitative estimate of drug-likeness (QED) is 0.864. The summed E-state index contributed by atoms with van der Waals surface area (Å²) in [6, 6.07) is 9.37. The number of amides is 1. The number of benzene rings is 1. The summed E-state index contributed by atoms with van der Waals surface area (Å²) in [6.07, 6.45) is 1.24. The Labute approximate surface area is 118 Å². The lowest BCUT2D eigenvalue weighted by Crippen LogP contribution is -2.09. The van der Waals surface area contributed by atoms with Crippen molar-refractivity contribution in [3.05, 3.63) is 48.7 Å². The minimum atomic E-state index is -0.228. The second-order valence-electron chi connectivity index (χ2n) is 5.60. The summed E-state index contributed by atoms with van der Waals surface area (Å²) in [5.41, 5.74) is 2.39. The van der Waals surface area contributed by atoms with Crippen LogP contribution < -0.4 is 5.32 Å². The first-order valence-electron chi connectivity index (χ1n) is 6.41. The Kier molecular flexibility index (Phi) is 3.74. The van der Waals surface area contributed by atoms with Gasteiger partial charge in [-0.2, -0.15) is 0 Å². The lowest BCUT2D eigenvalue weighted by Gasteiger charge is -2.12. The molecule has 1 amide bonds. The van der Waals surface area contributed by atoms with Crippen molar-refractivity contribution in [2.24, 2.45) is 0 Å². The number of aromatic nitrogens is 1. The molecule has 104 valence electrons. The van der Waals surface area contributed by atoms with Gasteiger partial charge in [-0.15, -0.1) is 0 Å². The van der Waals surface area contributed by atoms with Gasteiger partial charge in [-0.3, -0.25) is 4.79 Å². The van der Waals surface area contributed by atoms with Crippen LogP contribution in [0.2, 0.25) is 0 Å². The maximum atomic E-state index is 11.2. The molecule has 0 atom stereocenters. The Bertz CT molecular complexity index is 619. The van der Waals surface area contributed by atoms with Gasteiger partial charge in [-0.25, -0.2) is 0 Å². The second kappa shape index (κ2) is 5.33. The molecule has 1 heterocycles. The predicted molar refractivity (Wildman–Crippen MR) is 79.5 cm³/mol. The highest BCUT2D eigenvalue weighted by Gasteiger charge is 2.20. The third-order valence-electron chi connectivity index (χ3n) is 2.88. The fourth-order valence-electron chi connectivity index (χ4n) is 1.68. The molecule has 4 nitrogen and oxygen atoms in total. The number of nitrogens with one attached hydrogen (secondary N) is 1. The molecule has 0 bridgehead atoms. The zero-order valence-corrected chi connectivity index (χ0v) is 11.9. The Morgan fingerprint density at radius 1 is 1.30 bits per heavy atom. The van der Waals surface area contributed by atoms with Crippen molar-refractivity contribution in [2.75, 3.05) is 5.32 Å². The van der Waals surface area contributed by atoms with E-state index >= 15 is 0 Å². The van der Waals surface area contributed by atoms with E-state index in [1.807, 2.05) is 30.3 Å². The van der Waals surface area contributed by atoms with E-state index in [0.29, 0.717) is 0 Å². The summed E-state index contributed by atoms with van der Waals surface area (Å²) in [5, 5.41) is 6.78. The van der Waals surface area contributed by atoms with Gasteiger partial charge in [0.05, 0.1) is 0 Å². The first-order valence-corrected chi connectivity index (χ1v) is 6.41. The lowest BCUT2D eigenvalue weighted by atomic mass is 9.93. The third kappa shape index (κ3) is 3.15. The number of anilines is 1. The van der Waals surface area contributed by atoms with E-state index in [2.05, 4.69) is 37.8 Å². The molecule has 0 aliphatic rings. The number of rotatable bonds is 3. The van der Waals surface area contributed by atoms with E-state index in [-0.39, 0.29) is 11.3 Å². The Hall–Kier alpha value is -2.36. The zero-order chi connectivity index (χ0) is 14.8. The van der Waals surface area contributed by atoms with E-state index in [1.165, 1.54) is 6.08 Å². The molecule has 2 rings (SSSR count). The van der Waals surface area contributed by atoms with Crippen LogP contribution in [0, 0.1) is 0 Å². The number of hydrogen-bond acceptors (Lipinski definition) is 3. The van der Waals surface area contributed by atoms with E-state index in [1.54, 1.807) is 0 Å². The Balaban J connectivity index is 2.20. The fourth-order valence-corrected chi connectivity index (χ4v) is 1.68. The van der Waals surface area contributed by atoms with Crippen LogP contribution in [0.5, 0.6) is 0 Å². The van der Waals surface area contributed by atoms with Crippen LogP contribution in [0.3, 0.4) is 0 Å². The third-order valence-corrected chi connectivity index (χ3v) is 2.88. The summed E-state index contributed by atoms with van der Waals surface area (Å²) in [4.78, 5) is 11.2.